The van der Waals surface area contributed by atoms with Crippen molar-refractivity contribution in [2.24, 2.45) is 0 Å². The highest BCUT2D eigenvalue weighted by molar-refractivity contribution is 7.14. The van der Waals surface area contributed by atoms with Gasteiger partial charge >= 0.3 is 0 Å². The fourth-order valence-electron chi connectivity index (χ4n) is 2.10. The van der Waals surface area contributed by atoms with Gasteiger partial charge in [0.1, 0.15) is 16.4 Å². The van der Waals surface area contributed by atoms with Crippen molar-refractivity contribution in [1.29, 1.82) is 0 Å². The van der Waals surface area contributed by atoms with Crippen LogP contribution in [-0.2, 0) is 0 Å². The molecule has 3 aromatic rings. The van der Waals surface area contributed by atoms with Crippen molar-refractivity contribution in [3.05, 3.63) is 29.4 Å². The predicted molar refractivity (Wildman–Crippen MR) is 70.2 cm³/mol. The zero-order valence-corrected chi connectivity index (χ0v) is 10.0. The van der Waals surface area contributed by atoms with Gasteiger partial charge in [0.2, 0.25) is 0 Å². The van der Waals surface area contributed by atoms with Crippen LogP contribution in [0.25, 0.3) is 22.2 Å². The summed E-state index contributed by atoms with van der Waals surface area (Å²) in [5, 5.41) is 11.4. The Labute approximate surface area is 102 Å². The molecular formula is C12H11N3OS. The lowest BCUT2D eigenvalue weighted by molar-refractivity contribution is 0.482. The van der Waals surface area contributed by atoms with E-state index in [1.54, 1.807) is 11.6 Å². The van der Waals surface area contributed by atoms with Crippen LogP contribution in [0.4, 0.5) is 5.00 Å². The number of nitrogens with one attached hydrogen (secondary N) is 1. The van der Waals surface area contributed by atoms with Gasteiger partial charge in [-0.1, -0.05) is 6.07 Å². The molecule has 0 fully saturated rings. The van der Waals surface area contributed by atoms with E-state index in [9.17, 15) is 5.11 Å². The third kappa shape index (κ3) is 1.39. The molecule has 0 saturated heterocycles. The van der Waals surface area contributed by atoms with E-state index in [0.717, 1.165) is 27.9 Å². The predicted octanol–water partition coefficient (Wildman–Crippen LogP) is 2.89. The number of rotatable bonds is 1. The lowest BCUT2D eigenvalue weighted by Gasteiger charge is -2.00. The molecule has 0 radical (unpaired) electrons. The number of phenolic OH excluding ortho intramolecular Hbond substituents is 1. The third-order valence-corrected chi connectivity index (χ3v) is 3.48. The number of anilines is 1. The van der Waals surface area contributed by atoms with Gasteiger partial charge in [-0.25, -0.2) is 4.98 Å². The van der Waals surface area contributed by atoms with Gasteiger partial charge in [0.05, 0.1) is 16.4 Å². The number of aromatic amines is 1. The fourth-order valence-corrected chi connectivity index (χ4v) is 2.64. The summed E-state index contributed by atoms with van der Waals surface area (Å²) in [6, 6.07) is 5.40. The van der Waals surface area contributed by atoms with Crippen LogP contribution in [0.1, 0.15) is 5.69 Å². The molecule has 0 amide bonds. The Hall–Kier alpha value is -2.01. The minimum absolute atomic E-state index is 0.245. The van der Waals surface area contributed by atoms with Crippen molar-refractivity contribution in [3.63, 3.8) is 0 Å². The van der Waals surface area contributed by atoms with Crippen molar-refractivity contribution < 1.29 is 5.11 Å². The lowest BCUT2D eigenvalue weighted by Crippen LogP contribution is -1.86. The van der Waals surface area contributed by atoms with Gasteiger partial charge in [0, 0.05) is 11.3 Å². The number of hydrogen-bond acceptors (Lipinski definition) is 4. The fraction of sp³-hybridized carbons (Fsp3) is 0.0833. The van der Waals surface area contributed by atoms with Gasteiger partial charge in [0.15, 0.2) is 0 Å². The van der Waals surface area contributed by atoms with Crippen molar-refractivity contribution in [2.45, 2.75) is 6.92 Å². The highest BCUT2D eigenvalue weighted by Crippen LogP contribution is 2.39. The summed E-state index contributed by atoms with van der Waals surface area (Å²) in [6.45, 7) is 1.95. The molecule has 0 spiro atoms. The second-order valence-corrected chi connectivity index (χ2v) is 4.78. The molecule has 3 rings (SSSR count). The first-order valence-electron chi connectivity index (χ1n) is 5.18. The van der Waals surface area contributed by atoms with Gasteiger partial charge in [-0.2, -0.15) is 0 Å². The van der Waals surface area contributed by atoms with Crippen molar-refractivity contribution in [1.82, 2.24) is 9.97 Å². The van der Waals surface area contributed by atoms with Crippen molar-refractivity contribution in [3.8, 4) is 17.0 Å². The van der Waals surface area contributed by atoms with E-state index in [2.05, 4.69) is 9.97 Å². The third-order valence-electron chi connectivity index (χ3n) is 2.82. The average molecular weight is 245 g/mol. The van der Waals surface area contributed by atoms with Crippen LogP contribution in [-0.4, -0.2) is 15.1 Å². The highest BCUT2D eigenvalue weighted by atomic mass is 32.1. The maximum Gasteiger partial charge on any atom is 0.125 e. The maximum absolute atomic E-state index is 9.97. The van der Waals surface area contributed by atoms with Crippen LogP contribution in [0.3, 0.4) is 0 Å². The zero-order chi connectivity index (χ0) is 12.0. The molecule has 5 heteroatoms. The van der Waals surface area contributed by atoms with E-state index in [1.165, 1.54) is 11.3 Å². The molecule has 86 valence electrons. The Morgan fingerprint density at radius 2 is 2.24 bits per heavy atom. The number of phenols is 1. The van der Waals surface area contributed by atoms with Gasteiger partial charge in [-0.3, -0.25) is 0 Å². The van der Waals surface area contributed by atoms with Gasteiger partial charge in [-0.05, 0) is 19.1 Å². The summed E-state index contributed by atoms with van der Waals surface area (Å²) in [5.41, 5.74) is 11.1. The Bertz CT molecular complexity index is 699. The number of aromatic nitrogens is 2. The minimum Gasteiger partial charge on any atom is -0.507 e. The highest BCUT2D eigenvalue weighted by Gasteiger charge is 2.17. The summed E-state index contributed by atoms with van der Waals surface area (Å²) in [5.74, 6) is 0.245. The van der Waals surface area contributed by atoms with Crippen molar-refractivity contribution >= 4 is 27.2 Å². The molecule has 0 bridgehead atoms. The average Bonchev–Trinajstić information content (AvgIpc) is 2.82. The van der Waals surface area contributed by atoms with E-state index in [-0.39, 0.29) is 5.75 Å². The summed E-state index contributed by atoms with van der Waals surface area (Å²) in [7, 11) is 0. The molecule has 2 aromatic heterocycles. The first-order valence-corrected chi connectivity index (χ1v) is 6.06. The molecule has 4 N–H and O–H groups in total. The largest absolute Gasteiger partial charge is 0.507 e. The molecule has 1 aromatic carbocycles. The number of fused-ring (bicyclic) bond motifs is 1. The van der Waals surface area contributed by atoms with Crippen LogP contribution in [0.15, 0.2) is 23.7 Å². The topological polar surface area (TPSA) is 74.9 Å². The standard InChI is InChI=1S/C12H11N3OS/c1-6-9(11-12(13)17-5-14-11)10-7(15-6)3-2-4-8(10)16/h2-5,15-16H,13H2,1H3. The van der Waals surface area contributed by atoms with E-state index in [1.807, 2.05) is 19.1 Å². The Morgan fingerprint density at radius 3 is 2.94 bits per heavy atom. The number of nitrogen functional groups attached to an aromatic ring is 1. The molecule has 0 atom stereocenters. The first-order chi connectivity index (χ1) is 8.18. The number of benzene rings is 1. The monoisotopic (exact) mass is 245 g/mol. The Balaban J connectivity index is 2.44. The van der Waals surface area contributed by atoms with Crippen LogP contribution < -0.4 is 5.73 Å². The molecular weight excluding hydrogens is 234 g/mol. The number of aryl methyl sites for hydroxylation is 1. The number of nitrogens with two attached hydrogens (primary N) is 1. The summed E-state index contributed by atoms with van der Waals surface area (Å²) < 4.78 is 0. The minimum atomic E-state index is 0.245. The number of aromatic hydroxyl groups is 1. The zero-order valence-electron chi connectivity index (χ0n) is 9.19. The number of hydrogen-bond donors (Lipinski definition) is 3. The number of thiazole rings is 1. The lowest BCUT2D eigenvalue weighted by atomic mass is 10.1. The summed E-state index contributed by atoms with van der Waals surface area (Å²) in [6.07, 6.45) is 0. The Kier molecular flexibility index (Phi) is 2.09. The van der Waals surface area contributed by atoms with Gasteiger partial charge in [-0.15, -0.1) is 11.3 Å². The number of H-pyrrole nitrogens is 1. The second kappa shape index (κ2) is 3.49. The molecule has 2 heterocycles. The molecule has 0 aliphatic heterocycles. The van der Waals surface area contributed by atoms with E-state index >= 15 is 0 Å². The molecule has 17 heavy (non-hydrogen) atoms. The second-order valence-electron chi connectivity index (χ2n) is 3.89. The smallest absolute Gasteiger partial charge is 0.125 e. The molecule has 4 nitrogen and oxygen atoms in total. The van der Waals surface area contributed by atoms with Crippen molar-refractivity contribution in [2.75, 3.05) is 5.73 Å². The van der Waals surface area contributed by atoms with Gasteiger partial charge in [0.25, 0.3) is 0 Å². The first kappa shape index (κ1) is 10.2. The van der Waals surface area contributed by atoms with Crippen LogP contribution in [0, 0.1) is 6.92 Å². The van der Waals surface area contributed by atoms with Crippen LogP contribution >= 0.6 is 11.3 Å². The normalized spacial score (nSPS) is 11.1. The Morgan fingerprint density at radius 1 is 1.41 bits per heavy atom. The molecule has 0 saturated carbocycles. The quantitative estimate of drug-likeness (QED) is 0.617. The summed E-state index contributed by atoms with van der Waals surface area (Å²) in [4.78, 5) is 7.51. The van der Waals surface area contributed by atoms with E-state index < -0.39 is 0 Å². The van der Waals surface area contributed by atoms with Crippen LogP contribution in [0.5, 0.6) is 5.75 Å². The van der Waals surface area contributed by atoms with E-state index in [0.29, 0.717) is 5.00 Å². The van der Waals surface area contributed by atoms with Gasteiger partial charge < -0.3 is 15.8 Å². The number of nitrogens with zero attached hydrogens (tertiary/aromatic N) is 1. The van der Waals surface area contributed by atoms with E-state index in [4.69, 9.17) is 5.73 Å². The molecule has 0 unspecified atom stereocenters. The summed E-state index contributed by atoms with van der Waals surface area (Å²) >= 11 is 1.40. The SMILES string of the molecule is Cc1[nH]c2cccc(O)c2c1-c1ncsc1N. The molecule has 0 aliphatic carbocycles. The maximum atomic E-state index is 9.97. The molecule has 0 aliphatic rings. The van der Waals surface area contributed by atoms with Crippen LogP contribution in [0.2, 0.25) is 0 Å².